The third-order valence-corrected chi connectivity index (χ3v) is 2.74. The fraction of sp³-hybridized carbons (Fsp3) is 0.308. The zero-order valence-corrected chi connectivity index (χ0v) is 11.8. The SMILES string of the molecule is Cn1nnc(CC(NC(=O)OCc2ccccc2)C(=O)O)n1. The standard InChI is InChI=1S/C13H15N5O4/c1-18-16-11(15-17-18)7-10(12(19)20)14-13(21)22-8-9-5-3-2-4-6-9/h2-6,10H,7-8H2,1H3,(H,14,21)(H,19,20). The molecular formula is C13H15N5O4. The average molecular weight is 305 g/mol. The summed E-state index contributed by atoms with van der Waals surface area (Å²) in [7, 11) is 1.56. The van der Waals surface area contributed by atoms with Gasteiger partial charge in [0.1, 0.15) is 12.6 Å². The largest absolute Gasteiger partial charge is 0.480 e. The second-order valence-corrected chi connectivity index (χ2v) is 4.50. The Morgan fingerprint density at radius 1 is 1.36 bits per heavy atom. The van der Waals surface area contributed by atoms with E-state index in [0.29, 0.717) is 0 Å². The highest BCUT2D eigenvalue weighted by molar-refractivity contribution is 5.80. The predicted octanol–water partition coefficient (Wildman–Crippen LogP) is 0.132. The molecule has 0 saturated carbocycles. The lowest BCUT2D eigenvalue weighted by atomic mass is 10.2. The van der Waals surface area contributed by atoms with Crippen LogP contribution in [0.4, 0.5) is 4.79 Å². The minimum absolute atomic E-state index is 0.0579. The maximum atomic E-state index is 11.7. The highest BCUT2D eigenvalue weighted by atomic mass is 16.5. The van der Waals surface area contributed by atoms with Gasteiger partial charge in [0.05, 0.1) is 7.05 Å². The first-order chi connectivity index (χ1) is 10.5. The molecule has 1 unspecified atom stereocenters. The van der Waals surface area contributed by atoms with Gasteiger partial charge in [0, 0.05) is 6.42 Å². The molecule has 2 rings (SSSR count). The zero-order valence-electron chi connectivity index (χ0n) is 11.8. The summed E-state index contributed by atoms with van der Waals surface area (Å²) in [5.41, 5.74) is 0.806. The molecule has 1 atom stereocenters. The molecule has 0 aliphatic heterocycles. The predicted molar refractivity (Wildman–Crippen MR) is 73.7 cm³/mol. The van der Waals surface area contributed by atoms with Crippen molar-refractivity contribution in [3.05, 3.63) is 41.7 Å². The van der Waals surface area contributed by atoms with E-state index >= 15 is 0 Å². The Morgan fingerprint density at radius 3 is 2.68 bits per heavy atom. The smallest absolute Gasteiger partial charge is 0.408 e. The van der Waals surface area contributed by atoms with Crippen LogP contribution in [0.5, 0.6) is 0 Å². The van der Waals surface area contributed by atoms with E-state index in [1.54, 1.807) is 19.2 Å². The molecule has 22 heavy (non-hydrogen) atoms. The van der Waals surface area contributed by atoms with Crippen LogP contribution in [-0.2, 0) is 29.6 Å². The molecule has 1 aromatic carbocycles. The van der Waals surface area contributed by atoms with Crippen LogP contribution in [0.2, 0.25) is 0 Å². The fourth-order valence-electron chi connectivity index (χ4n) is 1.69. The molecule has 0 aliphatic rings. The number of ether oxygens (including phenoxy) is 1. The van der Waals surface area contributed by atoms with Gasteiger partial charge in [-0.15, -0.1) is 10.2 Å². The highest BCUT2D eigenvalue weighted by Crippen LogP contribution is 2.02. The summed E-state index contributed by atoms with van der Waals surface area (Å²) in [6.07, 6.45) is -0.899. The molecule has 0 aliphatic carbocycles. The zero-order chi connectivity index (χ0) is 15.9. The molecule has 1 aromatic heterocycles. The van der Waals surface area contributed by atoms with E-state index in [0.717, 1.165) is 5.56 Å². The number of tetrazole rings is 1. The van der Waals surface area contributed by atoms with E-state index in [9.17, 15) is 9.59 Å². The third kappa shape index (κ3) is 4.54. The number of aliphatic carboxylic acids is 1. The van der Waals surface area contributed by atoms with Crippen LogP contribution < -0.4 is 5.32 Å². The van der Waals surface area contributed by atoms with Crippen molar-refractivity contribution in [2.75, 3.05) is 0 Å². The first-order valence-corrected chi connectivity index (χ1v) is 6.47. The molecule has 0 fully saturated rings. The van der Waals surface area contributed by atoms with Crippen molar-refractivity contribution in [2.45, 2.75) is 19.1 Å². The maximum Gasteiger partial charge on any atom is 0.408 e. The van der Waals surface area contributed by atoms with Gasteiger partial charge in [-0.2, -0.15) is 4.80 Å². The van der Waals surface area contributed by atoms with Gasteiger partial charge < -0.3 is 15.2 Å². The van der Waals surface area contributed by atoms with Crippen LogP contribution in [0.3, 0.4) is 0 Å². The number of rotatable bonds is 6. The van der Waals surface area contributed by atoms with Crippen LogP contribution in [0.15, 0.2) is 30.3 Å². The lowest BCUT2D eigenvalue weighted by Crippen LogP contribution is -2.42. The summed E-state index contributed by atoms with van der Waals surface area (Å²) in [6.45, 7) is 0.0579. The molecule has 0 radical (unpaired) electrons. The maximum absolute atomic E-state index is 11.7. The van der Waals surface area contributed by atoms with E-state index in [-0.39, 0.29) is 18.9 Å². The summed E-state index contributed by atoms with van der Waals surface area (Å²) in [4.78, 5) is 24.0. The Kier molecular flexibility index (Phi) is 5.02. The molecule has 1 heterocycles. The van der Waals surface area contributed by atoms with Gasteiger partial charge >= 0.3 is 12.1 Å². The number of benzene rings is 1. The number of alkyl carbamates (subject to hydrolysis) is 1. The van der Waals surface area contributed by atoms with Crippen LogP contribution in [0, 0.1) is 0 Å². The number of aromatic nitrogens is 4. The minimum Gasteiger partial charge on any atom is -0.480 e. The van der Waals surface area contributed by atoms with E-state index in [4.69, 9.17) is 9.84 Å². The number of amides is 1. The molecule has 9 heteroatoms. The summed E-state index contributed by atoms with van der Waals surface area (Å²) >= 11 is 0. The van der Waals surface area contributed by atoms with Crippen molar-refractivity contribution in [2.24, 2.45) is 7.05 Å². The number of carboxylic acid groups (broad SMARTS) is 1. The monoisotopic (exact) mass is 305 g/mol. The van der Waals surface area contributed by atoms with Crippen molar-refractivity contribution >= 4 is 12.1 Å². The van der Waals surface area contributed by atoms with E-state index in [2.05, 4.69) is 20.7 Å². The molecule has 9 nitrogen and oxygen atoms in total. The number of carbonyl (C=O) groups is 2. The molecule has 0 saturated heterocycles. The Bertz CT molecular complexity index is 643. The number of hydrogen-bond donors (Lipinski definition) is 2. The average Bonchev–Trinajstić information content (AvgIpc) is 2.91. The molecule has 0 spiro atoms. The molecular weight excluding hydrogens is 290 g/mol. The van der Waals surface area contributed by atoms with Gasteiger partial charge in [-0.05, 0) is 10.8 Å². The second kappa shape index (κ2) is 7.16. The van der Waals surface area contributed by atoms with Gasteiger partial charge in [0.15, 0.2) is 5.82 Å². The highest BCUT2D eigenvalue weighted by Gasteiger charge is 2.23. The summed E-state index contributed by atoms with van der Waals surface area (Å²) in [5, 5.41) is 22.5. The summed E-state index contributed by atoms with van der Waals surface area (Å²) < 4.78 is 4.98. The normalized spacial score (nSPS) is 11.7. The number of nitrogens with one attached hydrogen (secondary N) is 1. The van der Waals surface area contributed by atoms with E-state index < -0.39 is 18.1 Å². The Morgan fingerprint density at radius 2 is 2.09 bits per heavy atom. The van der Waals surface area contributed by atoms with Crippen molar-refractivity contribution in [3.63, 3.8) is 0 Å². The second-order valence-electron chi connectivity index (χ2n) is 4.50. The van der Waals surface area contributed by atoms with Crippen LogP contribution >= 0.6 is 0 Å². The number of aryl methyl sites for hydroxylation is 1. The van der Waals surface area contributed by atoms with E-state index in [1.807, 2.05) is 18.2 Å². The molecule has 0 bridgehead atoms. The van der Waals surface area contributed by atoms with Gasteiger partial charge in [-0.25, -0.2) is 9.59 Å². The topological polar surface area (TPSA) is 119 Å². The van der Waals surface area contributed by atoms with Crippen LogP contribution in [0.25, 0.3) is 0 Å². The number of hydrogen-bond acceptors (Lipinski definition) is 6. The third-order valence-electron chi connectivity index (χ3n) is 2.74. The Balaban J connectivity index is 1.87. The summed E-state index contributed by atoms with van der Waals surface area (Å²) in [6, 6.07) is 7.88. The Hall–Kier alpha value is -2.97. The molecule has 116 valence electrons. The van der Waals surface area contributed by atoms with Crippen molar-refractivity contribution in [3.8, 4) is 0 Å². The molecule has 1 amide bonds. The molecule has 2 aromatic rings. The fourth-order valence-corrected chi connectivity index (χ4v) is 1.69. The first kappa shape index (κ1) is 15.4. The quantitative estimate of drug-likeness (QED) is 0.778. The van der Waals surface area contributed by atoms with Crippen molar-refractivity contribution < 1.29 is 19.4 Å². The minimum atomic E-state index is -1.20. The van der Waals surface area contributed by atoms with E-state index in [1.165, 1.54) is 4.80 Å². The van der Waals surface area contributed by atoms with Crippen LogP contribution in [-0.4, -0.2) is 43.4 Å². The van der Waals surface area contributed by atoms with Gasteiger partial charge in [0.2, 0.25) is 0 Å². The lowest BCUT2D eigenvalue weighted by molar-refractivity contribution is -0.139. The number of nitrogens with zero attached hydrogens (tertiary/aromatic N) is 4. The summed E-state index contributed by atoms with van der Waals surface area (Å²) in [5.74, 6) is -0.984. The van der Waals surface area contributed by atoms with Gasteiger partial charge in [-0.3, -0.25) is 0 Å². The van der Waals surface area contributed by atoms with Gasteiger partial charge in [-0.1, -0.05) is 30.3 Å². The lowest BCUT2D eigenvalue weighted by Gasteiger charge is -2.12. The number of carboxylic acids is 1. The van der Waals surface area contributed by atoms with Crippen molar-refractivity contribution in [1.29, 1.82) is 0 Å². The van der Waals surface area contributed by atoms with Gasteiger partial charge in [0.25, 0.3) is 0 Å². The first-order valence-electron chi connectivity index (χ1n) is 6.47. The Labute approximate surface area is 125 Å². The van der Waals surface area contributed by atoms with Crippen LogP contribution in [0.1, 0.15) is 11.4 Å². The number of carbonyl (C=O) groups excluding carboxylic acids is 1. The van der Waals surface area contributed by atoms with Crippen molar-refractivity contribution in [1.82, 2.24) is 25.5 Å². The molecule has 2 N–H and O–H groups in total.